The molecule has 1 aromatic heterocycles. The lowest BCUT2D eigenvalue weighted by molar-refractivity contribution is 0.0733. The monoisotopic (exact) mass is 444 g/mol. The van der Waals surface area contributed by atoms with Crippen molar-refractivity contribution < 1.29 is 14.3 Å². The molecule has 2 amide bonds. The zero-order valence-electron chi connectivity index (χ0n) is 18.7. The van der Waals surface area contributed by atoms with E-state index in [9.17, 15) is 9.59 Å². The van der Waals surface area contributed by atoms with Crippen LogP contribution in [0.25, 0.3) is 0 Å². The first-order valence-corrected chi connectivity index (χ1v) is 11.1. The van der Waals surface area contributed by atoms with E-state index < -0.39 is 0 Å². The lowest BCUT2D eigenvalue weighted by atomic mass is 10.0. The number of ether oxygens (including phenoxy) is 1. The minimum Gasteiger partial charge on any atom is -0.383 e. The van der Waals surface area contributed by atoms with Crippen molar-refractivity contribution in [2.24, 2.45) is 0 Å². The summed E-state index contributed by atoms with van der Waals surface area (Å²) < 4.78 is 5.41. The number of rotatable bonds is 7. The van der Waals surface area contributed by atoms with E-state index in [1.54, 1.807) is 11.0 Å². The van der Waals surface area contributed by atoms with E-state index in [2.05, 4.69) is 10.3 Å². The number of nitrogens with two attached hydrogens (primary N) is 1. The van der Waals surface area contributed by atoms with Gasteiger partial charge >= 0.3 is 0 Å². The Kier molecular flexibility index (Phi) is 7.00. The maximum Gasteiger partial charge on any atom is 0.255 e. The van der Waals surface area contributed by atoms with Gasteiger partial charge in [0.05, 0.1) is 12.2 Å². The number of nitrogens with one attached hydrogen (secondary N) is 1. The normalized spacial score (nSPS) is 12.8. The molecule has 3 N–H and O–H groups in total. The number of amides is 2. The van der Waals surface area contributed by atoms with Crippen molar-refractivity contribution in [3.05, 3.63) is 94.2 Å². The van der Waals surface area contributed by atoms with Gasteiger partial charge < -0.3 is 20.7 Å². The largest absolute Gasteiger partial charge is 0.383 e. The summed E-state index contributed by atoms with van der Waals surface area (Å²) in [7, 11) is 0. The van der Waals surface area contributed by atoms with Gasteiger partial charge in [-0.3, -0.25) is 9.59 Å². The minimum atomic E-state index is -0.278. The van der Waals surface area contributed by atoms with E-state index >= 15 is 0 Å². The van der Waals surface area contributed by atoms with Gasteiger partial charge in [0.25, 0.3) is 11.8 Å². The second-order valence-corrected chi connectivity index (χ2v) is 8.01. The molecule has 1 aliphatic heterocycles. The third-order valence-electron chi connectivity index (χ3n) is 5.70. The molecule has 0 unspecified atom stereocenters. The zero-order valence-corrected chi connectivity index (χ0v) is 18.7. The molecule has 170 valence electrons. The number of hydrogen-bond acceptors (Lipinski definition) is 5. The predicted octanol–water partition coefficient (Wildman–Crippen LogP) is 3.33. The maximum absolute atomic E-state index is 13.1. The number of carbonyl (C=O) groups excluding carboxylic acids is 2. The lowest BCUT2D eigenvalue weighted by Gasteiger charge is -2.29. The van der Waals surface area contributed by atoms with Crippen molar-refractivity contribution in [1.29, 1.82) is 0 Å². The van der Waals surface area contributed by atoms with Crippen LogP contribution in [-0.4, -0.2) is 34.8 Å². The van der Waals surface area contributed by atoms with E-state index in [-0.39, 0.29) is 17.6 Å². The Morgan fingerprint density at radius 1 is 1.09 bits per heavy atom. The van der Waals surface area contributed by atoms with Crippen molar-refractivity contribution >= 4 is 17.6 Å². The van der Waals surface area contributed by atoms with Crippen molar-refractivity contribution in [2.45, 2.75) is 33.0 Å². The van der Waals surface area contributed by atoms with Gasteiger partial charge in [0.15, 0.2) is 0 Å². The molecule has 0 fully saturated rings. The summed E-state index contributed by atoms with van der Waals surface area (Å²) in [5.41, 5.74) is 10.8. The van der Waals surface area contributed by atoms with E-state index in [0.717, 1.165) is 22.4 Å². The Balaban J connectivity index is 1.45. The summed E-state index contributed by atoms with van der Waals surface area (Å²) >= 11 is 0. The number of aromatic nitrogens is 1. The topological polar surface area (TPSA) is 97.6 Å². The Morgan fingerprint density at radius 2 is 1.85 bits per heavy atom. The Morgan fingerprint density at radius 3 is 2.58 bits per heavy atom. The third-order valence-corrected chi connectivity index (χ3v) is 5.70. The SMILES string of the molecule is CCOCc1ccc(C(=O)N2CCc3nc(N)c(C(=O)NCc4ccccc4)cc3C2)cc1. The average Bonchev–Trinajstić information content (AvgIpc) is 2.86. The highest BCUT2D eigenvalue weighted by atomic mass is 16.5. The number of pyridine rings is 1. The summed E-state index contributed by atoms with van der Waals surface area (Å²) in [6, 6.07) is 18.9. The first-order chi connectivity index (χ1) is 16.0. The fourth-order valence-corrected chi connectivity index (χ4v) is 3.86. The molecule has 33 heavy (non-hydrogen) atoms. The first-order valence-electron chi connectivity index (χ1n) is 11.1. The quantitative estimate of drug-likeness (QED) is 0.583. The Bertz CT molecular complexity index is 1130. The van der Waals surface area contributed by atoms with Crippen LogP contribution in [0.1, 0.15) is 50.0 Å². The number of benzene rings is 2. The van der Waals surface area contributed by atoms with Crippen LogP contribution in [0.5, 0.6) is 0 Å². The lowest BCUT2D eigenvalue weighted by Crippen LogP contribution is -2.37. The molecule has 0 saturated heterocycles. The highest BCUT2D eigenvalue weighted by molar-refractivity contribution is 5.98. The molecule has 2 aromatic carbocycles. The second kappa shape index (κ2) is 10.3. The number of nitrogen functional groups attached to an aromatic ring is 1. The molecule has 4 rings (SSSR count). The van der Waals surface area contributed by atoms with Crippen LogP contribution in [0.3, 0.4) is 0 Å². The van der Waals surface area contributed by atoms with Crippen molar-refractivity contribution in [3.63, 3.8) is 0 Å². The van der Waals surface area contributed by atoms with Gasteiger partial charge in [0.1, 0.15) is 5.82 Å². The van der Waals surface area contributed by atoms with Gasteiger partial charge in [0.2, 0.25) is 0 Å². The van der Waals surface area contributed by atoms with Crippen LogP contribution in [0, 0.1) is 0 Å². The van der Waals surface area contributed by atoms with Crippen LogP contribution >= 0.6 is 0 Å². The van der Waals surface area contributed by atoms with Crippen LogP contribution in [0.4, 0.5) is 5.82 Å². The number of hydrogen-bond donors (Lipinski definition) is 2. The molecular weight excluding hydrogens is 416 g/mol. The van der Waals surface area contributed by atoms with Crippen molar-refractivity contribution in [2.75, 3.05) is 18.9 Å². The first kappa shape index (κ1) is 22.5. The minimum absolute atomic E-state index is 0.0458. The van der Waals surface area contributed by atoms with Crippen molar-refractivity contribution in [1.82, 2.24) is 15.2 Å². The maximum atomic E-state index is 13.1. The van der Waals surface area contributed by atoms with Crippen LogP contribution in [0.15, 0.2) is 60.7 Å². The zero-order chi connectivity index (χ0) is 23.2. The highest BCUT2D eigenvalue weighted by Gasteiger charge is 2.25. The van der Waals surface area contributed by atoms with Gasteiger partial charge in [-0.1, -0.05) is 42.5 Å². The van der Waals surface area contributed by atoms with Crippen molar-refractivity contribution in [3.8, 4) is 0 Å². The number of anilines is 1. The number of carbonyl (C=O) groups is 2. The van der Waals surface area contributed by atoms with Gasteiger partial charge in [-0.2, -0.15) is 0 Å². The number of nitrogens with zero attached hydrogens (tertiary/aromatic N) is 2. The summed E-state index contributed by atoms with van der Waals surface area (Å²) in [6.45, 7) is 4.48. The molecule has 3 aromatic rings. The van der Waals surface area contributed by atoms with Gasteiger partial charge in [-0.25, -0.2) is 4.98 Å². The molecular formula is C26H28N4O3. The van der Waals surface area contributed by atoms with E-state index in [1.807, 2.05) is 61.5 Å². The third kappa shape index (κ3) is 5.38. The summed E-state index contributed by atoms with van der Waals surface area (Å²) in [6.07, 6.45) is 0.597. The summed E-state index contributed by atoms with van der Waals surface area (Å²) in [5.74, 6) is -0.112. The molecule has 0 saturated carbocycles. The molecule has 0 bridgehead atoms. The van der Waals surface area contributed by atoms with Gasteiger partial charge in [-0.05, 0) is 41.8 Å². The molecule has 7 nitrogen and oxygen atoms in total. The van der Waals surface area contributed by atoms with Crippen LogP contribution in [-0.2, 0) is 30.9 Å². The Labute approximate surface area is 193 Å². The van der Waals surface area contributed by atoms with Gasteiger partial charge in [-0.15, -0.1) is 0 Å². The summed E-state index contributed by atoms with van der Waals surface area (Å²) in [4.78, 5) is 32.0. The fourth-order valence-electron chi connectivity index (χ4n) is 3.86. The average molecular weight is 445 g/mol. The second-order valence-electron chi connectivity index (χ2n) is 8.01. The molecule has 0 aliphatic carbocycles. The molecule has 0 atom stereocenters. The molecule has 1 aliphatic rings. The Hall–Kier alpha value is -3.71. The fraction of sp³-hybridized carbons (Fsp3) is 0.269. The standard InChI is InChI=1S/C26H28N4O3/c1-2-33-17-19-8-10-20(11-9-19)26(32)30-13-12-23-21(16-30)14-22(24(27)29-23)25(31)28-15-18-6-4-3-5-7-18/h3-11,14H,2,12-13,15-17H2,1H3,(H2,27,29)(H,28,31). The summed E-state index contributed by atoms with van der Waals surface area (Å²) in [5, 5.41) is 2.89. The van der Waals surface area contributed by atoms with Crippen LogP contribution < -0.4 is 11.1 Å². The van der Waals surface area contributed by atoms with E-state index in [4.69, 9.17) is 10.5 Å². The van der Waals surface area contributed by atoms with E-state index in [0.29, 0.717) is 50.4 Å². The molecule has 0 radical (unpaired) electrons. The number of fused-ring (bicyclic) bond motifs is 1. The highest BCUT2D eigenvalue weighted by Crippen LogP contribution is 2.23. The molecule has 7 heteroatoms. The smallest absolute Gasteiger partial charge is 0.255 e. The predicted molar refractivity (Wildman–Crippen MR) is 126 cm³/mol. The van der Waals surface area contributed by atoms with E-state index in [1.165, 1.54) is 0 Å². The molecule has 0 spiro atoms. The van der Waals surface area contributed by atoms with Crippen LogP contribution in [0.2, 0.25) is 0 Å². The molecule has 2 heterocycles. The van der Waals surface area contributed by atoms with Gasteiger partial charge in [0, 0.05) is 43.9 Å².